The molecule has 0 saturated carbocycles. The van der Waals surface area contributed by atoms with E-state index in [1.165, 1.54) is 7.11 Å². The second kappa shape index (κ2) is 5.89. The maximum absolute atomic E-state index is 11.5. The van der Waals surface area contributed by atoms with Crippen LogP contribution in [0.25, 0.3) is 0 Å². The van der Waals surface area contributed by atoms with Crippen LogP contribution in [-0.2, 0) is 11.2 Å². The van der Waals surface area contributed by atoms with Crippen LogP contribution in [0.1, 0.15) is 36.8 Å². The summed E-state index contributed by atoms with van der Waals surface area (Å²) >= 11 is 1.59. The van der Waals surface area contributed by atoms with E-state index in [0.29, 0.717) is 10.8 Å². The van der Waals surface area contributed by atoms with Gasteiger partial charge in [-0.1, -0.05) is 20.8 Å². The number of aromatic nitrogens is 1. The SMILES string of the molecule is CCc1ccc(C(=O)OC)c(SC(C)C)n1. The molecule has 0 atom stereocenters. The quantitative estimate of drug-likeness (QED) is 0.598. The predicted molar refractivity (Wildman–Crippen MR) is 65.9 cm³/mol. The number of hydrogen-bond donors (Lipinski definition) is 0. The van der Waals surface area contributed by atoms with Crippen molar-refractivity contribution in [3.05, 3.63) is 23.4 Å². The van der Waals surface area contributed by atoms with Crippen LogP contribution in [0.3, 0.4) is 0 Å². The van der Waals surface area contributed by atoms with Gasteiger partial charge in [0.25, 0.3) is 0 Å². The van der Waals surface area contributed by atoms with Gasteiger partial charge in [-0.25, -0.2) is 9.78 Å². The van der Waals surface area contributed by atoms with Crippen LogP contribution >= 0.6 is 11.8 Å². The standard InChI is InChI=1S/C12H17NO2S/c1-5-9-6-7-10(12(14)15-4)11(13-9)16-8(2)3/h6-8H,5H2,1-4H3. The molecular formula is C12H17NO2S. The topological polar surface area (TPSA) is 39.2 Å². The van der Waals surface area contributed by atoms with Gasteiger partial charge in [0.05, 0.1) is 12.7 Å². The number of carbonyl (C=O) groups is 1. The summed E-state index contributed by atoms with van der Waals surface area (Å²) in [4.78, 5) is 16.0. The van der Waals surface area contributed by atoms with Crippen molar-refractivity contribution in [1.82, 2.24) is 4.98 Å². The fourth-order valence-corrected chi connectivity index (χ4v) is 2.15. The molecule has 1 heterocycles. The number of hydrogen-bond acceptors (Lipinski definition) is 4. The third kappa shape index (κ3) is 3.23. The predicted octanol–water partition coefficient (Wildman–Crippen LogP) is 2.93. The van der Waals surface area contributed by atoms with Crippen molar-refractivity contribution >= 4 is 17.7 Å². The van der Waals surface area contributed by atoms with Gasteiger partial charge in [-0.3, -0.25) is 0 Å². The lowest BCUT2D eigenvalue weighted by Crippen LogP contribution is -2.07. The second-order valence-corrected chi connectivity index (χ2v) is 5.23. The minimum absolute atomic E-state index is 0.321. The molecule has 0 N–H and O–H groups in total. The first-order chi connectivity index (χ1) is 7.58. The van der Waals surface area contributed by atoms with Crippen LogP contribution < -0.4 is 0 Å². The minimum atomic E-state index is -0.321. The van der Waals surface area contributed by atoms with Crippen LogP contribution in [-0.4, -0.2) is 23.3 Å². The van der Waals surface area contributed by atoms with E-state index in [0.717, 1.165) is 17.1 Å². The molecule has 3 nitrogen and oxygen atoms in total. The van der Waals surface area contributed by atoms with Crippen molar-refractivity contribution < 1.29 is 9.53 Å². The Bertz CT molecular complexity index is 377. The molecule has 0 aliphatic carbocycles. The molecule has 0 amide bonds. The molecule has 0 saturated heterocycles. The minimum Gasteiger partial charge on any atom is -0.465 e. The van der Waals surface area contributed by atoms with Gasteiger partial charge in [0.1, 0.15) is 5.03 Å². The average molecular weight is 239 g/mol. The number of carbonyl (C=O) groups excluding carboxylic acids is 1. The van der Waals surface area contributed by atoms with Crippen molar-refractivity contribution in [2.45, 2.75) is 37.5 Å². The van der Waals surface area contributed by atoms with E-state index in [-0.39, 0.29) is 5.97 Å². The highest BCUT2D eigenvalue weighted by atomic mass is 32.2. The maximum Gasteiger partial charge on any atom is 0.340 e. The fraction of sp³-hybridized carbons (Fsp3) is 0.500. The van der Waals surface area contributed by atoms with Gasteiger partial charge in [-0.15, -0.1) is 11.8 Å². The monoisotopic (exact) mass is 239 g/mol. The molecule has 1 aromatic rings. The zero-order chi connectivity index (χ0) is 12.1. The van der Waals surface area contributed by atoms with E-state index < -0.39 is 0 Å². The number of nitrogens with zero attached hydrogens (tertiary/aromatic N) is 1. The van der Waals surface area contributed by atoms with Crippen LogP contribution in [0.2, 0.25) is 0 Å². The highest BCUT2D eigenvalue weighted by molar-refractivity contribution is 7.99. The number of thioether (sulfide) groups is 1. The van der Waals surface area contributed by atoms with E-state index in [1.54, 1.807) is 17.8 Å². The number of esters is 1. The summed E-state index contributed by atoms with van der Waals surface area (Å²) < 4.78 is 4.74. The molecule has 0 spiro atoms. The van der Waals surface area contributed by atoms with E-state index in [2.05, 4.69) is 18.8 Å². The van der Waals surface area contributed by atoms with E-state index >= 15 is 0 Å². The molecule has 0 aliphatic heterocycles. The lowest BCUT2D eigenvalue weighted by atomic mass is 10.2. The molecule has 16 heavy (non-hydrogen) atoms. The molecular weight excluding hydrogens is 222 g/mol. The summed E-state index contributed by atoms with van der Waals surface area (Å²) in [5.74, 6) is -0.321. The zero-order valence-electron chi connectivity index (χ0n) is 10.1. The summed E-state index contributed by atoms with van der Waals surface area (Å²) in [7, 11) is 1.39. The van der Waals surface area contributed by atoms with Crippen molar-refractivity contribution in [2.24, 2.45) is 0 Å². The van der Waals surface area contributed by atoms with Gasteiger partial charge in [0.2, 0.25) is 0 Å². The van der Waals surface area contributed by atoms with E-state index in [9.17, 15) is 4.79 Å². The largest absolute Gasteiger partial charge is 0.465 e. The molecule has 1 rings (SSSR count). The molecule has 0 bridgehead atoms. The molecule has 1 aromatic heterocycles. The van der Waals surface area contributed by atoms with Crippen LogP contribution in [0.4, 0.5) is 0 Å². The lowest BCUT2D eigenvalue weighted by molar-refractivity contribution is 0.0596. The Morgan fingerprint density at radius 3 is 2.69 bits per heavy atom. The van der Waals surface area contributed by atoms with Crippen molar-refractivity contribution in [2.75, 3.05) is 7.11 Å². The van der Waals surface area contributed by atoms with Crippen molar-refractivity contribution in [1.29, 1.82) is 0 Å². The Hall–Kier alpha value is -1.03. The molecule has 0 fully saturated rings. The van der Waals surface area contributed by atoms with E-state index in [4.69, 9.17) is 4.74 Å². The van der Waals surface area contributed by atoms with Gasteiger partial charge in [-0.2, -0.15) is 0 Å². The van der Waals surface area contributed by atoms with Gasteiger partial charge < -0.3 is 4.74 Å². The van der Waals surface area contributed by atoms with Gasteiger partial charge in [0, 0.05) is 10.9 Å². The van der Waals surface area contributed by atoms with Crippen molar-refractivity contribution in [3.63, 3.8) is 0 Å². The smallest absolute Gasteiger partial charge is 0.340 e. The van der Waals surface area contributed by atoms with Crippen molar-refractivity contribution in [3.8, 4) is 0 Å². The molecule has 4 heteroatoms. The van der Waals surface area contributed by atoms with E-state index in [1.807, 2.05) is 13.0 Å². The molecule has 0 aromatic carbocycles. The Balaban J connectivity index is 3.10. The summed E-state index contributed by atoms with van der Waals surface area (Å²) in [5, 5.41) is 1.16. The van der Waals surface area contributed by atoms with Gasteiger partial charge in [0.15, 0.2) is 0 Å². The van der Waals surface area contributed by atoms with Crippen LogP contribution in [0.15, 0.2) is 17.2 Å². The first kappa shape index (κ1) is 13.0. The third-order valence-corrected chi connectivity index (χ3v) is 3.04. The van der Waals surface area contributed by atoms with Crippen LogP contribution in [0.5, 0.6) is 0 Å². The summed E-state index contributed by atoms with van der Waals surface area (Å²) in [5.41, 5.74) is 1.55. The second-order valence-electron chi connectivity index (χ2n) is 3.67. The molecule has 0 unspecified atom stereocenters. The molecule has 0 aliphatic rings. The number of methoxy groups -OCH3 is 1. The number of rotatable bonds is 4. The summed E-state index contributed by atoms with van der Waals surface area (Å²) in [6.07, 6.45) is 0.868. The Morgan fingerprint density at radius 2 is 2.19 bits per heavy atom. The first-order valence-electron chi connectivity index (χ1n) is 5.33. The molecule has 88 valence electrons. The average Bonchev–Trinajstić information content (AvgIpc) is 2.27. The van der Waals surface area contributed by atoms with Crippen LogP contribution in [0, 0.1) is 0 Å². The number of pyridine rings is 1. The summed E-state index contributed by atoms with van der Waals surface area (Å²) in [6.45, 7) is 6.20. The first-order valence-corrected chi connectivity index (χ1v) is 6.21. The Morgan fingerprint density at radius 1 is 1.50 bits per heavy atom. The number of ether oxygens (including phenoxy) is 1. The summed E-state index contributed by atoms with van der Waals surface area (Å²) in [6, 6.07) is 3.67. The number of aryl methyl sites for hydroxylation is 1. The maximum atomic E-state index is 11.5. The molecule has 0 radical (unpaired) electrons. The third-order valence-electron chi connectivity index (χ3n) is 2.03. The fourth-order valence-electron chi connectivity index (χ4n) is 1.25. The Labute approximate surface area is 101 Å². The highest BCUT2D eigenvalue weighted by Gasteiger charge is 2.15. The van der Waals surface area contributed by atoms with Gasteiger partial charge in [-0.05, 0) is 18.6 Å². The lowest BCUT2D eigenvalue weighted by Gasteiger charge is -2.10. The Kier molecular flexibility index (Phi) is 4.80. The highest BCUT2D eigenvalue weighted by Crippen LogP contribution is 2.25. The van der Waals surface area contributed by atoms with Gasteiger partial charge >= 0.3 is 5.97 Å². The normalized spacial score (nSPS) is 10.6. The zero-order valence-corrected chi connectivity index (χ0v) is 10.9.